The molecule has 3 aromatic carbocycles. The standard InChI is InChI=1S/C35H44N2O4/c1-35(2,3)30-20-11-12-21-32(30)41-25-33(38)37(24-27-16-13-19-29(22-27)40-4)31(23-26-14-7-5-8-15-26)34(39)36-28-17-9-6-10-18-28/h5,7-8,11-16,19-22,28,31H,6,9-10,17-18,23-25H2,1-4H3,(H,36,39)/t31-/m0/s1. The summed E-state index contributed by atoms with van der Waals surface area (Å²) in [4.78, 5) is 29.7. The minimum atomic E-state index is -0.695. The molecule has 1 N–H and O–H groups in total. The molecule has 0 aliphatic heterocycles. The zero-order valence-electron chi connectivity index (χ0n) is 24.9. The molecule has 0 aromatic heterocycles. The minimum Gasteiger partial charge on any atom is -0.497 e. The van der Waals surface area contributed by atoms with Gasteiger partial charge in [0.2, 0.25) is 5.91 Å². The second-order valence-electron chi connectivity index (χ2n) is 12.0. The Labute approximate surface area is 245 Å². The maximum absolute atomic E-state index is 14.1. The molecule has 6 heteroatoms. The number of nitrogens with zero attached hydrogens (tertiary/aromatic N) is 1. The lowest BCUT2D eigenvalue weighted by Crippen LogP contribution is -2.53. The zero-order valence-corrected chi connectivity index (χ0v) is 24.9. The van der Waals surface area contributed by atoms with E-state index in [2.05, 4.69) is 26.1 Å². The van der Waals surface area contributed by atoms with Gasteiger partial charge in [-0.25, -0.2) is 0 Å². The minimum absolute atomic E-state index is 0.118. The number of carbonyl (C=O) groups excluding carboxylic acids is 2. The monoisotopic (exact) mass is 556 g/mol. The Balaban J connectivity index is 1.65. The third kappa shape index (κ3) is 8.59. The van der Waals surface area contributed by atoms with Crippen LogP contribution in [0.4, 0.5) is 0 Å². The van der Waals surface area contributed by atoms with E-state index < -0.39 is 6.04 Å². The highest BCUT2D eigenvalue weighted by atomic mass is 16.5. The Morgan fingerprint density at radius 3 is 2.29 bits per heavy atom. The highest BCUT2D eigenvalue weighted by Gasteiger charge is 2.32. The van der Waals surface area contributed by atoms with Gasteiger partial charge in [-0.3, -0.25) is 9.59 Å². The van der Waals surface area contributed by atoms with E-state index >= 15 is 0 Å². The average molecular weight is 557 g/mol. The smallest absolute Gasteiger partial charge is 0.261 e. The number of hydrogen-bond donors (Lipinski definition) is 1. The molecule has 218 valence electrons. The molecule has 1 atom stereocenters. The van der Waals surface area contributed by atoms with Gasteiger partial charge in [0.1, 0.15) is 17.5 Å². The van der Waals surface area contributed by atoms with Crippen LogP contribution in [-0.2, 0) is 28.0 Å². The molecular weight excluding hydrogens is 512 g/mol. The van der Waals surface area contributed by atoms with E-state index in [-0.39, 0.29) is 36.4 Å². The molecule has 0 saturated heterocycles. The quantitative estimate of drug-likeness (QED) is 0.294. The van der Waals surface area contributed by atoms with E-state index in [1.807, 2.05) is 78.9 Å². The Kier molecular flexibility index (Phi) is 10.4. The van der Waals surface area contributed by atoms with Crippen LogP contribution in [-0.4, -0.2) is 42.5 Å². The normalized spacial score (nSPS) is 14.6. The first kappa shape index (κ1) is 30.2. The van der Waals surface area contributed by atoms with Crippen molar-refractivity contribution in [1.82, 2.24) is 10.2 Å². The molecule has 0 bridgehead atoms. The Morgan fingerprint density at radius 2 is 1.59 bits per heavy atom. The van der Waals surface area contributed by atoms with Crippen molar-refractivity contribution in [3.63, 3.8) is 0 Å². The Bertz CT molecular complexity index is 1280. The molecule has 6 nitrogen and oxygen atoms in total. The van der Waals surface area contributed by atoms with Crippen LogP contribution >= 0.6 is 0 Å². The molecule has 0 heterocycles. The van der Waals surface area contributed by atoms with Gasteiger partial charge in [-0.05, 0) is 53.1 Å². The average Bonchev–Trinajstić information content (AvgIpc) is 2.98. The van der Waals surface area contributed by atoms with Crippen molar-refractivity contribution >= 4 is 11.8 Å². The lowest BCUT2D eigenvalue weighted by molar-refractivity contribution is -0.143. The van der Waals surface area contributed by atoms with Crippen molar-refractivity contribution in [3.05, 3.63) is 95.6 Å². The van der Waals surface area contributed by atoms with Gasteiger partial charge in [0.05, 0.1) is 7.11 Å². The van der Waals surface area contributed by atoms with Crippen molar-refractivity contribution in [2.75, 3.05) is 13.7 Å². The van der Waals surface area contributed by atoms with Gasteiger partial charge in [-0.15, -0.1) is 0 Å². The summed E-state index contributed by atoms with van der Waals surface area (Å²) in [6.07, 6.45) is 5.78. The van der Waals surface area contributed by atoms with Crippen LogP contribution in [0.5, 0.6) is 11.5 Å². The number of ether oxygens (including phenoxy) is 2. The van der Waals surface area contributed by atoms with Crippen LogP contribution in [0.25, 0.3) is 0 Å². The summed E-state index contributed by atoms with van der Waals surface area (Å²) in [5.74, 6) is 1.03. The van der Waals surface area contributed by atoms with Gasteiger partial charge >= 0.3 is 0 Å². The number of methoxy groups -OCH3 is 1. The van der Waals surface area contributed by atoms with E-state index in [4.69, 9.17) is 9.47 Å². The molecule has 1 aliphatic rings. The van der Waals surface area contributed by atoms with Crippen LogP contribution in [0.1, 0.15) is 69.6 Å². The largest absolute Gasteiger partial charge is 0.497 e. The van der Waals surface area contributed by atoms with Crippen molar-refractivity contribution < 1.29 is 19.1 Å². The van der Waals surface area contributed by atoms with E-state index in [0.717, 1.165) is 42.4 Å². The van der Waals surface area contributed by atoms with Crippen LogP contribution in [0, 0.1) is 0 Å². The number of hydrogen-bond acceptors (Lipinski definition) is 4. The summed E-state index contributed by atoms with van der Waals surface area (Å²) < 4.78 is 11.6. The Hall–Kier alpha value is -3.80. The zero-order chi connectivity index (χ0) is 29.2. The fourth-order valence-electron chi connectivity index (χ4n) is 5.50. The highest BCUT2D eigenvalue weighted by molar-refractivity contribution is 5.88. The number of benzene rings is 3. The second-order valence-corrected chi connectivity index (χ2v) is 12.0. The van der Waals surface area contributed by atoms with E-state index in [1.54, 1.807) is 12.0 Å². The van der Waals surface area contributed by atoms with Crippen LogP contribution < -0.4 is 14.8 Å². The summed E-state index contributed by atoms with van der Waals surface area (Å²) in [6, 6.07) is 24.8. The second kappa shape index (κ2) is 14.2. The third-order valence-corrected chi connectivity index (χ3v) is 7.76. The predicted octanol–water partition coefficient (Wildman–Crippen LogP) is 6.46. The molecule has 0 spiro atoms. The van der Waals surface area contributed by atoms with Gasteiger partial charge in [-0.1, -0.05) is 101 Å². The number of rotatable bonds is 11. The van der Waals surface area contributed by atoms with E-state index in [0.29, 0.717) is 17.9 Å². The van der Waals surface area contributed by atoms with Gasteiger partial charge in [0.25, 0.3) is 5.91 Å². The van der Waals surface area contributed by atoms with E-state index in [1.165, 1.54) is 6.42 Å². The Morgan fingerprint density at radius 1 is 0.902 bits per heavy atom. The highest BCUT2D eigenvalue weighted by Crippen LogP contribution is 2.31. The fraction of sp³-hybridized carbons (Fsp3) is 0.429. The molecule has 1 saturated carbocycles. The molecule has 4 rings (SSSR count). The maximum Gasteiger partial charge on any atom is 0.261 e. The van der Waals surface area contributed by atoms with Crippen molar-refractivity contribution in [2.24, 2.45) is 0 Å². The first-order chi connectivity index (χ1) is 19.7. The molecule has 1 fully saturated rings. The summed E-state index contributed by atoms with van der Waals surface area (Å²) in [5.41, 5.74) is 2.77. The summed E-state index contributed by atoms with van der Waals surface area (Å²) in [5, 5.41) is 3.29. The fourth-order valence-corrected chi connectivity index (χ4v) is 5.50. The van der Waals surface area contributed by atoms with Crippen LogP contribution in [0.3, 0.4) is 0 Å². The van der Waals surface area contributed by atoms with Crippen molar-refractivity contribution in [2.45, 2.75) is 83.3 Å². The van der Waals surface area contributed by atoms with Gasteiger partial charge in [0.15, 0.2) is 6.61 Å². The topological polar surface area (TPSA) is 67.9 Å². The van der Waals surface area contributed by atoms with Crippen LogP contribution in [0.15, 0.2) is 78.9 Å². The summed E-state index contributed by atoms with van der Waals surface area (Å²) >= 11 is 0. The van der Waals surface area contributed by atoms with Gasteiger partial charge in [-0.2, -0.15) is 0 Å². The van der Waals surface area contributed by atoms with E-state index in [9.17, 15) is 9.59 Å². The van der Waals surface area contributed by atoms with Crippen molar-refractivity contribution in [1.29, 1.82) is 0 Å². The number of carbonyl (C=O) groups is 2. The molecule has 1 aliphatic carbocycles. The first-order valence-corrected chi connectivity index (χ1v) is 14.7. The van der Waals surface area contributed by atoms with Crippen LogP contribution in [0.2, 0.25) is 0 Å². The summed E-state index contributed by atoms with van der Waals surface area (Å²) in [7, 11) is 1.62. The van der Waals surface area contributed by atoms with Crippen molar-refractivity contribution in [3.8, 4) is 11.5 Å². The molecule has 0 unspecified atom stereocenters. The lowest BCUT2D eigenvalue weighted by atomic mass is 9.86. The lowest BCUT2D eigenvalue weighted by Gasteiger charge is -2.33. The molecule has 3 aromatic rings. The summed E-state index contributed by atoms with van der Waals surface area (Å²) in [6.45, 7) is 6.46. The number of nitrogens with one attached hydrogen (secondary N) is 1. The predicted molar refractivity (Wildman–Crippen MR) is 163 cm³/mol. The molecule has 2 amide bonds. The van der Waals surface area contributed by atoms with Gasteiger partial charge in [0, 0.05) is 19.0 Å². The maximum atomic E-state index is 14.1. The van der Waals surface area contributed by atoms with Gasteiger partial charge < -0.3 is 19.7 Å². The number of amides is 2. The third-order valence-electron chi connectivity index (χ3n) is 7.76. The SMILES string of the molecule is COc1cccc(CN(C(=O)COc2ccccc2C(C)(C)C)[C@@H](Cc2ccccc2)C(=O)NC2CCCCC2)c1. The first-order valence-electron chi connectivity index (χ1n) is 14.7. The molecule has 0 radical (unpaired) electrons. The number of para-hydroxylation sites is 1. The molecular formula is C35H44N2O4. The molecule has 41 heavy (non-hydrogen) atoms.